The molecule has 0 aromatic heterocycles. The summed E-state index contributed by atoms with van der Waals surface area (Å²) >= 11 is 0. The van der Waals surface area contributed by atoms with Crippen molar-refractivity contribution in [2.24, 2.45) is 0 Å². The fraction of sp³-hybridized carbons (Fsp3) is 0.636. The maximum Gasteiger partial charge on any atom is 0.0791 e. The molecular weight excluding hydrogens is 162 g/mol. The molecule has 13 heavy (non-hydrogen) atoms. The van der Waals surface area contributed by atoms with Crippen LogP contribution in [-0.4, -0.2) is 31.1 Å². The molecule has 78 valence electrons. The Morgan fingerprint density at radius 2 is 1.69 bits per heavy atom. The number of rotatable bonds is 4. The van der Waals surface area contributed by atoms with Crippen LogP contribution >= 0.6 is 0 Å². The van der Waals surface area contributed by atoms with E-state index in [4.69, 9.17) is 5.11 Å². The Morgan fingerprint density at radius 3 is 2.08 bits per heavy atom. The molecule has 2 heteroatoms. The minimum Gasteiger partial charge on any atom is -0.516 e. The lowest BCUT2D eigenvalue weighted by Gasteiger charge is -1.90. The molecular formula is C11H23NO. The Kier molecular flexibility index (Phi) is 15.7. The third-order valence-electron chi connectivity index (χ3n) is 1.06. The minimum atomic E-state index is 1.04. The van der Waals surface area contributed by atoms with Crippen LogP contribution < -0.4 is 0 Å². The summed E-state index contributed by atoms with van der Waals surface area (Å²) in [7, 11) is 6.00. The lowest BCUT2D eigenvalue weighted by atomic mass is 10.2. The monoisotopic (exact) mass is 185 g/mol. The summed E-state index contributed by atoms with van der Waals surface area (Å²) in [6.07, 6.45) is 10.1. The van der Waals surface area contributed by atoms with Crippen LogP contribution in [0.5, 0.6) is 0 Å². The fourth-order valence-electron chi connectivity index (χ4n) is 0.546. The summed E-state index contributed by atoms with van der Waals surface area (Å²) in [5.41, 5.74) is 0. The lowest BCUT2D eigenvalue weighted by molar-refractivity contribution is 0.473. The Labute approximate surface area is 82.6 Å². The third-order valence-corrected chi connectivity index (χ3v) is 1.06. The van der Waals surface area contributed by atoms with Crippen molar-refractivity contribution in [3.05, 3.63) is 24.5 Å². The quantitative estimate of drug-likeness (QED) is 0.413. The molecule has 0 amide bonds. The first-order valence-electron chi connectivity index (χ1n) is 4.72. The van der Waals surface area contributed by atoms with Crippen molar-refractivity contribution >= 4 is 0 Å². The molecule has 2 nitrogen and oxygen atoms in total. The molecule has 0 radical (unpaired) electrons. The number of aliphatic hydroxyl groups excluding tert-OH is 1. The van der Waals surface area contributed by atoms with E-state index in [1.807, 2.05) is 32.1 Å². The fourth-order valence-corrected chi connectivity index (χ4v) is 0.546. The second-order valence-corrected chi connectivity index (χ2v) is 3.25. The van der Waals surface area contributed by atoms with Crippen LogP contribution in [0.3, 0.4) is 0 Å². The second-order valence-electron chi connectivity index (χ2n) is 3.25. The van der Waals surface area contributed by atoms with Crippen LogP contribution in [-0.2, 0) is 0 Å². The Morgan fingerprint density at radius 1 is 1.15 bits per heavy atom. The van der Waals surface area contributed by atoms with Gasteiger partial charge < -0.3 is 10.0 Å². The predicted octanol–water partition coefficient (Wildman–Crippen LogP) is 2.98. The molecule has 0 aromatic carbocycles. The molecule has 0 atom stereocenters. The van der Waals surface area contributed by atoms with Gasteiger partial charge in [-0.05, 0) is 33.6 Å². The number of hydrogen-bond donors (Lipinski definition) is 1. The Balaban J connectivity index is 0. The van der Waals surface area contributed by atoms with Crippen molar-refractivity contribution in [1.29, 1.82) is 0 Å². The van der Waals surface area contributed by atoms with Crippen LogP contribution in [0.4, 0.5) is 0 Å². The van der Waals surface area contributed by atoms with Crippen LogP contribution in [0.15, 0.2) is 24.5 Å². The van der Waals surface area contributed by atoms with Gasteiger partial charge in [0.1, 0.15) is 0 Å². The van der Waals surface area contributed by atoms with Gasteiger partial charge in [-0.25, -0.2) is 0 Å². The highest BCUT2D eigenvalue weighted by Crippen LogP contribution is 1.94. The molecule has 0 aliphatic rings. The molecule has 0 spiro atoms. The molecule has 0 saturated heterocycles. The van der Waals surface area contributed by atoms with E-state index in [0.29, 0.717) is 0 Å². The molecule has 0 aliphatic carbocycles. The van der Waals surface area contributed by atoms with Crippen LogP contribution in [0.25, 0.3) is 0 Å². The highest BCUT2D eigenvalue weighted by Gasteiger charge is 1.74. The highest BCUT2D eigenvalue weighted by atomic mass is 16.2. The van der Waals surface area contributed by atoms with Gasteiger partial charge in [0.25, 0.3) is 0 Å². The van der Waals surface area contributed by atoms with Gasteiger partial charge in [0.15, 0.2) is 0 Å². The van der Waals surface area contributed by atoms with Crippen LogP contribution in [0, 0.1) is 0 Å². The summed E-state index contributed by atoms with van der Waals surface area (Å²) in [5, 5.41) is 8.19. The van der Waals surface area contributed by atoms with Gasteiger partial charge in [0.05, 0.1) is 6.26 Å². The molecule has 0 aromatic rings. The summed E-state index contributed by atoms with van der Waals surface area (Å²) in [4.78, 5) is 2.00. The van der Waals surface area contributed by atoms with Crippen molar-refractivity contribution < 1.29 is 5.11 Å². The maximum absolute atomic E-state index is 8.19. The standard InChI is InChI=1S/C8H14O.C3H9N/c1-2-3-4-5-6-7-8-9;1-4(2)3/h5-9H,2-4H2,1H3;1-3H3. The second kappa shape index (κ2) is 13.8. The van der Waals surface area contributed by atoms with Crippen molar-refractivity contribution in [1.82, 2.24) is 4.90 Å². The molecule has 0 aliphatic heterocycles. The number of aliphatic hydroxyl groups is 1. The van der Waals surface area contributed by atoms with Gasteiger partial charge in [-0.1, -0.05) is 31.9 Å². The lowest BCUT2D eigenvalue weighted by Crippen LogP contribution is -1.99. The summed E-state index contributed by atoms with van der Waals surface area (Å²) in [5.74, 6) is 0. The van der Waals surface area contributed by atoms with Gasteiger partial charge in [-0.2, -0.15) is 0 Å². The van der Waals surface area contributed by atoms with E-state index in [1.54, 1.807) is 6.08 Å². The normalized spacial score (nSPS) is 10.8. The molecule has 0 heterocycles. The van der Waals surface area contributed by atoms with Gasteiger partial charge in [-0.15, -0.1) is 0 Å². The summed E-state index contributed by atoms with van der Waals surface area (Å²) in [6, 6.07) is 0. The third kappa shape index (κ3) is 35.0. The first kappa shape index (κ1) is 14.7. The highest BCUT2D eigenvalue weighted by molar-refractivity contribution is 4.98. The first-order valence-corrected chi connectivity index (χ1v) is 4.72. The predicted molar refractivity (Wildman–Crippen MR) is 60.0 cm³/mol. The van der Waals surface area contributed by atoms with Crippen LogP contribution in [0.1, 0.15) is 26.2 Å². The largest absolute Gasteiger partial charge is 0.516 e. The number of unbranched alkanes of at least 4 members (excludes halogenated alkanes) is 2. The van der Waals surface area contributed by atoms with Gasteiger partial charge in [0.2, 0.25) is 0 Å². The zero-order valence-electron chi connectivity index (χ0n) is 9.33. The van der Waals surface area contributed by atoms with E-state index in [2.05, 4.69) is 13.0 Å². The molecule has 0 fully saturated rings. The van der Waals surface area contributed by atoms with E-state index in [-0.39, 0.29) is 0 Å². The average Bonchev–Trinajstić information content (AvgIpc) is 2.03. The molecule has 0 saturated carbocycles. The van der Waals surface area contributed by atoms with Gasteiger partial charge in [0, 0.05) is 0 Å². The maximum atomic E-state index is 8.19. The number of nitrogens with zero attached hydrogens (tertiary/aromatic N) is 1. The van der Waals surface area contributed by atoms with Crippen LogP contribution in [0.2, 0.25) is 0 Å². The van der Waals surface area contributed by atoms with Crippen molar-refractivity contribution in [3.8, 4) is 0 Å². The summed E-state index contributed by atoms with van der Waals surface area (Å²) in [6.45, 7) is 2.16. The Bertz CT molecular complexity index is 125. The zero-order chi connectivity index (χ0) is 10.5. The summed E-state index contributed by atoms with van der Waals surface area (Å²) < 4.78 is 0. The SMILES string of the molecule is CCCCC=CC=CO.CN(C)C. The van der Waals surface area contributed by atoms with Crippen molar-refractivity contribution in [2.75, 3.05) is 21.1 Å². The van der Waals surface area contributed by atoms with E-state index in [0.717, 1.165) is 12.7 Å². The van der Waals surface area contributed by atoms with E-state index < -0.39 is 0 Å². The topological polar surface area (TPSA) is 23.5 Å². The minimum absolute atomic E-state index is 1.04. The zero-order valence-corrected chi connectivity index (χ0v) is 9.33. The first-order chi connectivity index (χ1) is 6.15. The Hall–Kier alpha value is -0.760. The van der Waals surface area contributed by atoms with Crippen molar-refractivity contribution in [3.63, 3.8) is 0 Å². The van der Waals surface area contributed by atoms with Gasteiger partial charge >= 0.3 is 0 Å². The van der Waals surface area contributed by atoms with Gasteiger partial charge in [-0.3, -0.25) is 0 Å². The number of hydrogen-bond acceptors (Lipinski definition) is 2. The molecule has 0 rings (SSSR count). The smallest absolute Gasteiger partial charge is 0.0791 e. The molecule has 0 bridgehead atoms. The molecule has 0 unspecified atom stereocenters. The average molecular weight is 185 g/mol. The van der Waals surface area contributed by atoms with E-state index >= 15 is 0 Å². The number of allylic oxidation sites excluding steroid dienone is 3. The molecule has 1 N–H and O–H groups in total. The van der Waals surface area contributed by atoms with Crippen molar-refractivity contribution in [2.45, 2.75) is 26.2 Å². The van der Waals surface area contributed by atoms with E-state index in [9.17, 15) is 0 Å². The van der Waals surface area contributed by atoms with E-state index in [1.165, 1.54) is 12.8 Å².